The summed E-state index contributed by atoms with van der Waals surface area (Å²) in [7, 11) is 1.65. The first-order valence-electron chi connectivity index (χ1n) is 9.81. The Morgan fingerprint density at radius 1 is 1.07 bits per heavy atom. The van der Waals surface area contributed by atoms with Crippen LogP contribution in [0.2, 0.25) is 0 Å². The third-order valence-corrected chi connectivity index (χ3v) is 5.14. The van der Waals surface area contributed by atoms with Crippen LogP contribution in [0.25, 0.3) is 11.1 Å². The van der Waals surface area contributed by atoms with Crippen molar-refractivity contribution in [3.05, 3.63) is 53.1 Å². The lowest BCUT2D eigenvalue weighted by atomic mass is 9.97. The van der Waals surface area contributed by atoms with Crippen molar-refractivity contribution in [2.75, 3.05) is 7.05 Å². The molecular weight excluding hydrogens is 338 g/mol. The highest BCUT2D eigenvalue weighted by atomic mass is 16.7. The van der Waals surface area contributed by atoms with Gasteiger partial charge < -0.3 is 14.8 Å². The summed E-state index contributed by atoms with van der Waals surface area (Å²) in [4.78, 5) is 11.9. The van der Waals surface area contributed by atoms with Crippen molar-refractivity contribution in [2.45, 2.75) is 58.8 Å². The summed E-state index contributed by atoms with van der Waals surface area (Å²) in [5.74, 6) is 0.379. The van der Waals surface area contributed by atoms with Crippen LogP contribution in [-0.4, -0.2) is 18.7 Å². The Labute approximate surface area is 161 Å². The Balaban J connectivity index is 1.88. The summed E-state index contributed by atoms with van der Waals surface area (Å²) < 4.78 is 12.5. The van der Waals surface area contributed by atoms with E-state index in [1.165, 1.54) is 0 Å². The maximum absolute atomic E-state index is 11.9. The third kappa shape index (κ3) is 4.01. The topological polar surface area (TPSA) is 47.6 Å². The number of carbonyl (C=O) groups excluding carboxylic acids is 1. The summed E-state index contributed by atoms with van der Waals surface area (Å²) in [5.41, 5.74) is 4.92. The van der Waals surface area contributed by atoms with Crippen LogP contribution in [0.15, 0.2) is 36.4 Å². The molecule has 0 saturated heterocycles. The van der Waals surface area contributed by atoms with E-state index in [9.17, 15) is 4.79 Å². The normalized spacial score (nSPS) is 15.0. The van der Waals surface area contributed by atoms with Gasteiger partial charge in [-0.15, -0.1) is 0 Å². The molecule has 3 rings (SSSR count). The largest absolute Gasteiger partial charge is 0.462 e. The minimum Gasteiger partial charge on any atom is -0.462 e. The van der Waals surface area contributed by atoms with Gasteiger partial charge in [0.05, 0.1) is 6.61 Å². The number of fused-ring (bicyclic) bond motifs is 1. The Hall–Kier alpha value is -2.33. The molecule has 0 aliphatic carbocycles. The Morgan fingerprint density at radius 2 is 1.74 bits per heavy atom. The summed E-state index contributed by atoms with van der Waals surface area (Å²) in [6.07, 6.45) is 3.87. The van der Waals surface area contributed by atoms with E-state index in [-0.39, 0.29) is 5.91 Å². The van der Waals surface area contributed by atoms with Crippen molar-refractivity contribution in [3.63, 3.8) is 0 Å². The molecule has 0 atom stereocenters. The summed E-state index contributed by atoms with van der Waals surface area (Å²) >= 11 is 0. The van der Waals surface area contributed by atoms with Gasteiger partial charge in [-0.1, -0.05) is 32.0 Å². The van der Waals surface area contributed by atoms with Gasteiger partial charge in [-0.2, -0.15) is 0 Å². The van der Waals surface area contributed by atoms with E-state index in [1.54, 1.807) is 7.05 Å². The molecule has 1 heterocycles. The number of carbonyl (C=O) groups is 1. The van der Waals surface area contributed by atoms with E-state index in [0.29, 0.717) is 12.2 Å². The van der Waals surface area contributed by atoms with Crippen molar-refractivity contribution in [1.82, 2.24) is 5.32 Å². The minimum atomic E-state index is -0.482. The Bertz CT molecular complexity index is 822. The maximum Gasteiger partial charge on any atom is 0.251 e. The molecule has 144 valence electrons. The lowest BCUT2D eigenvalue weighted by Crippen LogP contribution is -2.41. The smallest absolute Gasteiger partial charge is 0.251 e. The number of hydrogen-bond donors (Lipinski definition) is 1. The molecule has 1 aliphatic heterocycles. The van der Waals surface area contributed by atoms with E-state index >= 15 is 0 Å². The lowest BCUT2D eigenvalue weighted by molar-refractivity contribution is -0.214. The number of amides is 1. The van der Waals surface area contributed by atoms with Crippen molar-refractivity contribution in [1.29, 1.82) is 0 Å². The fourth-order valence-electron chi connectivity index (χ4n) is 3.78. The summed E-state index contributed by atoms with van der Waals surface area (Å²) in [5, 5.41) is 2.68. The average Bonchev–Trinajstić information content (AvgIpc) is 2.67. The van der Waals surface area contributed by atoms with Crippen LogP contribution in [0.3, 0.4) is 0 Å². The van der Waals surface area contributed by atoms with Gasteiger partial charge in [0.15, 0.2) is 0 Å². The highest BCUT2D eigenvalue weighted by molar-refractivity contribution is 5.96. The molecule has 4 heteroatoms. The summed E-state index contributed by atoms with van der Waals surface area (Å²) in [6, 6.07) is 12.2. The highest BCUT2D eigenvalue weighted by Gasteiger charge is 2.36. The molecule has 27 heavy (non-hydrogen) atoms. The highest BCUT2D eigenvalue weighted by Crippen LogP contribution is 2.38. The molecular formula is C23H29NO3. The molecule has 2 aromatic carbocycles. The number of benzene rings is 2. The molecule has 0 unspecified atom stereocenters. The van der Waals surface area contributed by atoms with Crippen LogP contribution in [0.5, 0.6) is 5.75 Å². The SMILES string of the molecule is CCCC1(CCC)OCc2cc(-c3ccc(C(=O)NC)c(C)c3)ccc2O1. The number of nitrogens with one attached hydrogen (secondary N) is 1. The van der Waals surface area contributed by atoms with Gasteiger partial charge in [-0.25, -0.2) is 0 Å². The van der Waals surface area contributed by atoms with Crippen LogP contribution in [0.4, 0.5) is 0 Å². The zero-order valence-corrected chi connectivity index (χ0v) is 16.7. The fraction of sp³-hybridized carbons (Fsp3) is 0.435. The van der Waals surface area contributed by atoms with Gasteiger partial charge in [0.1, 0.15) is 5.75 Å². The number of hydrogen-bond acceptors (Lipinski definition) is 3. The molecule has 0 saturated carbocycles. The van der Waals surface area contributed by atoms with Crippen molar-refractivity contribution in [2.24, 2.45) is 0 Å². The van der Waals surface area contributed by atoms with Crippen LogP contribution >= 0.6 is 0 Å². The van der Waals surface area contributed by atoms with Crippen LogP contribution in [-0.2, 0) is 11.3 Å². The molecule has 0 fully saturated rings. The van der Waals surface area contributed by atoms with Crippen molar-refractivity contribution < 1.29 is 14.3 Å². The first-order chi connectivity index (χ1) is 13.0. The first kappa shape index (κ1) is 19.4. The van der Waals surface area contributed by atoms with E-state index in [4.69, 9.17) is 9.47 Å². The van der Waals surface area contributed by atoms with Gasteiger partial charge in [-0.3, -0.25) is 4.79 Å². The molecule has 1 aliphatic rings. The molecule has 1 N–H and O–H groups in total. The Morgan fingerprint density at radius 3 is 2.37 bits per heavy atom. The monoisotopic (exact) mass is 367 g/mol. The predicted octanol–water partition coefficient (Wildman–Crippen LogP) is 5.23. The molecule has 0 spiro atoms. The lowest BCUT2D eigenvalue weighted by Gasteiger charge is -2.38. The number of aryl methyl sites for hydroxylation is 1. The summed E-state index contributed by atoms with van der Waals surface area (Å²) in [6.45, 7) is 6.85. The number of rotatable bonds is 6. The van der Waals surface area contributed by atoms with Gasteiger partial charge >= 0.3 is 0 Å². The third-order valence-electron chi connectivity index (χ3n) is 5.14. The van der Waals surface area contributed by atoms with Crippen LogP contribution < -0.4 is 10.1 Å². The second-order valence-corrected chi connectivity index (χ2v) is 7.23. The maximum atomic E-state index is 11.9. The van der Waals surface area contributed by atoms with Gasteiger partial charge in [-0.05, 0) is 54.7 Å². The molecule has 2 aromatic rings. The van der Waals surface area contributed by atoms with Crippen molar-refractivity contribution in [3.8, 4) is 16.9 Å². The van der Waals surface area contributed by atoms with Crippen LogP contribution in [0, 0.1) is 6.92 Å². The average molecular weight is 367 g/mol. The zero-order chi connectivity index (χ0) is 19.4. The van der Waals surface area contributed by atoms with E-state index < -0.39 is 5.79 Å². The van der Waals surface area contributed by atoms with E-state index in [1.807, 2.05) is 19.1 Å². The molecule has 0 aromatic heterocycles. The Kier molecular flexibility index (Phi) is 5.85. The molecule has 0 bridgehead atoms. The predicted molar refractivity (Wildman–Crippen MR) is 108 cm³/mol. The second kappa shape index (κ2) is 8.13. The number of ether oxygens (including phenoxy) is 2. The van der Waals surface area contributed by atoms with Crippen molar-refractivity contribution >= 4 is 5.91 Å². The quantitative estimate of drug-likeness (QED) is 0.761. The van der Waals surface area contributed by atoms with Gasteiger partial charge in [0, 0.05) is 31.0 Å². The zero-order valence-electron chi connectivity index (χ0n) is 16.7. The molecule has 1 amide bonds. The molecule has 4 nitrogen and oxygen atoms in total. The minimum absolute atomic E-state index is 0.0607. The van der Waals surface area contributed by atoms with E-state index in [2.05, 4.69) is 43.4 Å². The standard InChI is InChI=1S/C23H29NO3/c1-5-11-23(12-6-2)26-15-19-14-18(8-10-21(19)27-23)17-7-9-20(16(3)13-17)22(25)24-4/h7-10,13-14H,5-6,11-12,15H2,1-4H3,(H,24,25). The molecule has 0 radical (unpaired) electrons. The van der Waals surface area contributed by atoms with E-state index in [0.717, 1.165) is 53.7 Å². The van der Waals surface area contributed by atoms with Crippen LogP contribution in [0.1, 0.15) is 61.0 Å². The second-order valence-electron chi connectivity index (χ2n) is 7.23. The fourth-order valence-corrected chi connectivity index (χ4v) is 3.78. The first-order valence-corrected chi connectivity index (χ1v) is 9.81. The van der Waals surface area contributed by atoms with Gasteiger partial charge in [0.2, 0.25) is 5.79 Å². The van der Waals surface area contributed by atoms with Gasteiger partial charge in [0.25, 0.3) is 5.91 Å².